The number of carbonyl (C=O) groups is 1. The Balaban J connectivity index is 1.68. The fourth-order valence-corrected chi connectivity index (χ4v) is 3.22. The minimum atomic E-state index is -0.460. The number of methoxy groups -OCH3 is 1. The minimum absolute atomic E-state index is 0.0356. The normalized spacial score (nSPS) is 10.8. The average molecular weight is 389 g/mol. The highest BCUT2D eigenvalue weighted by atomic mass is 32.1. The van der Waals surface area contributed by atoms with Crippen molar-refractivity contribution in [2.75, 3.05) is 12.4 Å². The molecule has 0 radical (unpaired) electrons. The van der Waals surface area contributed by atoms with E-state index in [2.05, 4.69) is 20.5 Å². The molecule has 1 amide bonds. The summed E-state index contributed by atoms with van der Waals surface area (Å²) >= 11 is 2.08. The number of carbonyl (C=O) groups excluding carboxylic acids is 1. The molecule has 132 valence electrons. The number of hydrogen-bond donors (Lipinski definition) is 1. The number of nitrogens with one attached hydrogen (secondary N) is 1. The van der Waals surface area contributed by atoms with E-state index < -0.39 is 4.92 Å². The van der Waals surface area contributed by atoms with Crippen LogP contribution < -0.4 is 10.1 Å². The molecule has 0 fully saturated rings. The number of ether oxygens (including phenoxy) is 1. The number of thiophene rings is 1. The van der Waals surface area contributed by atoms with Crippen molar-refractivity contribution in [1.29, 1.82) is 0 Å². The standard InChI is InChI=1S/C15H11N5O4S2/c1-24-11-5-3-2-4-10(11)13(21)17-15-19-18-14(26-15)16-8-9-6-7-12(25-9)20(22)23/h2-8H,1H3,(H,17,19,21)/b16-8+. The highest BCUT2D eigenvalue weighted by Gasteiger charge is 2.14. The van der Waals surface area contributed by atoms with Crippen molar-refractivity contribution in [1.82, 2.24) is 10.2 Å². The lowest BCUT2D eigenvalue weighted by Crippen LogP contribution is -2.12. The summed E-state index contributed by atoms with van der Waals surface area (Å²) in [4.78, 5) is 27.2. The molecule has 0 atom stereocenters. The van der Waals surface area contributed by atoms with E-state index in [0.29, 0.717) is 21.3 Å². The Morgan fingerprint density at radius 1 is 1.27 bits per heavy atom. The van der Waals surface area contributed by atoms with Gasteiger partial charge in [0, 0.05) is 12.3 Å². The average Bonchev–Trinajstić information content (AvgIpc) is 3.29. The van der Waals surface area contributed by atoms with Crippen LogP contribution in [-0.2, 0) is 0 Å². The minimum Gasteiger partial charge on any atom is -0.496 e. The summed E-state index contributed by atoms with van der Waals surface area (Å²) in [6.07, 6.45) is 1.46. The van der Waals surface area contributed by atoms with Crippen molar-refractivity contribution >= 4 is 50.1 Å². The number of hydrogen-bond acceptors (Lipinski definition) is 9. The first-order chi connectivity index (χ1) is 12.6. The van der Waals surface area contributed by atoms with Crippen molar-refractivity contribution in [2.24, 2.45) is 4.99 Å². The van der Waals surface area contributed by atoms with Crippen molar-refractivity contribution in [3.05, 3.63) is 57.0 Å². The summed E-state index contributed by atoms with van der Waals surface area (Å²) < 4.78 is 5.15. The smallest absolute Gasteiger partial charge is 0.324 e. The predicted octanol–water partition coefficient (Wildman–Crippen LogP) is 3.52. The first-order valence-electron chi connectivity index (χ1n) is 7.13. The van der Waals surface area contributed by atoms with Gasteiger partial charge in [-0.15, -0.1) is 10.2 Å². The van der Waals surface area contributed by atoms with Gasteiger partial charge in [0.25, 0.3) is 5.91 Å². The van der Waals surface area contributed by atoms with Gasteiger partial charge < -0.3 is 4.74 Å². The van der Waals surface area contributed by atoms with Gasteiger partial charge in [0.2, 0.25) is 10.3 Å². The molecule has 0 bridgehead atoms. The maximum atomic E-state index is 12.3. The maximum absolute atomic E-state index is 12.3. The molecule has 0 aliphatic carbocycles. The van der Waals surface area contributed by atoms with Crippen molar-refractivity contribution in [3.8, 4) is 5.75 Å². The second-order valence-electron chi connectivity index (χ2n) is 4.74. The molecule has 0 aliphatic rings. The van der Waals surface area contributed by atoms with Crippen molar-refractivity contribution in [3.63, 3.8) is 0 Å². The van der Waals surface area contributed by atoms with E-state index in [-0.39, 0.29) is 16.0 Å². The third kappa shape index (κ3) is 4.07. The number of nitrogens with zero attached hydrogens (tertiary/aromatic N) is 4. The van der Waals surface area contributed by atoms with E-state index >= 15 is 0 Å². The second-order valence-corrected chi connectivity index (χ2v) is 6.79. The van der Waals surface area contributed by atoms with E-state index in [1.165, 1.54) is 19.4 Å². The molecular formula is C15H11N5O4S2. The predicted molar refractivity (Wildman–Crippen MR) is 99.1 cm³/mol. The lowest BCUT2D eigenvalue weighted by molar-refractivity contribution is -0.380. The number of anilines is 1. The zero-order valence-corrected chi connectivity index (χ0v) is 14.9. The van der Waals surface area contributed by atoms with Gasteiger partial charge in [-0.2, -0.15) is 0 Å². The number of rotatable bonds is 6. The molecule has 1 N–H and O–H groups in total. The molecule has 11 heteroatoms. The number of benzene rings is 1. The summed E-state index contributed by atoms with van der Waals surface area (Å²) in [6.45, 7) is 0. The highest BCUT2D eigenvalue weighted by Crippen LogP contribution is 2.26. The van der Waals surface area contributed by atoms with Gasteiger partial charge in [0.1, 0.15) is 5.75 Å². The molecular weight excluding hydrogens is 378 g/mol. The first-order valence-corrected chi connectivity index (χ1v) is 8.76. The molecule has 9 nitrogen and oxygen atoms in total. The van der Waals surface area contributed by atoms with Gasteiger partial charge in [-0.05, 0) is 18.2 Å². The topological polar surface area (TPSA) is 120 Å². The van der Waals surface area contributed by atoms with E-state index in [1.54, 1.807) is 30.3 Å². The summed E-state index contributed by atoms with van der Waals surface area (Å²) in [5, 5.41) is 21.6. The summed E-state index contributed by atoms with van der Waals surface area (Å²) in [6, 6.07) is 9.82. The zero-order valence-electron chi connectivity index (χ0n) is 13.3. The van der Waals surface area contributed by atoms with Crippen LogP contribution in [0.15, 0.2) is 41.4 Å². The van der Waals surface area contributed by atoms with Gasteiger partial charge in [-0.25, -0.2) is 4.99 Å². The van der Waals surface area contributed by atoms with Crippen LogP contribution in [0.4, 0.5) is 15.3 Å². The number of aliphatic imine (C=N–C) groups is 1. The molecule has 0 unspecified atom stereocenters. The molecule has 0 spiro atoms. The summed E-state index contributed by atoms with van der Waals surface area (Å²) in [5.41, 5.74) is 0.376. The Labute approximate surface area is 155 Å². The van der Waals surface area contributed by atoms with Crippen LogP contribution in [0.3, 0.4) is 0 Å². The monoisotopic (exact) mass is 389 g/mol. The Morgan fingerprint density at radius 2 is 2.08 bits per heavy atom. The van der Waals surface area contributed by atoms with Crippen LogP contribution >= 0.6 is 22.7 Å². The van der Waals surface area contributed by atoms with Crippen molar-refractivity contribution in [2.45, 2.75) is 0 Å². The number of para-hydroxylation sites is 1. The number of nitro groups is 1. The molecule has 26 heavy (non-hydrogen) atoms. The van der Waals surface area contributed by atoms with Crippen molar-refractivity contribution < 1.29 is 14.5 Å². The van der Waals surface area contributed by atoms with Gasteiger partial charge in [0.05, 0.1) is 22.5 Å². The maximum Gasteiger partial charge on any atom is 0.324 e. The summed E-state index contributed by atoms with van der Waals surface area (Å²) in [5.74, 6) is 0.0788. The van der Waals surface area contributed by atoms with Gasteiger partial charge >= 0.3 is 5.00 Å². The lowest BCUT2D eigenvalue weighted by atomic mass is 10.2. The fourth-order valence-electron chi connectivity index (χ4n) is 1.94. The molecule has 1 aromatic carbocycles. The Bertz CT molecular complexity index is 982. The Morgan fingerprint density at radius 3 is 2.81 bits per heavy atom. The highest BCUT2D eigenvalue weighted by molar-refractivity contribution is 7.19. The van der Waals surface area contributed by atoms with Crippen LogP contribution in [0, 0.1) is 10.1 Å². The van der Waals surface area contributed by atoms with Crippen LogP contribution in [0.5, 0.6) is 5.75 Å². The molecule has 0 aliphatic heterocycles. The van der Waals surface area contributed by atoms with Gasteiger partial charge in [0.15, 0.2) is 0 Å². The van der Waals surface area contributed by atoms with Crippen LogP contribution in [0.1, 0.15) is 15.2 Å². The summed E-state index contributed by atoms with van der Waals surface area (Å²) in [7, 11) is 1.48. The van der Waals surface area contributed by atoms with Crippen LogP contribution in [0.2, 0.25) is 0 Å². The van der Waals surface area contributed by atoms with E-state index in [4.69, 9.17) is 4.74 Å². The molecule has 0 saturated heterocycles. The fraction of sp³-hybridized carbons (Fsp3) is 0.0667. The molecule has 0 saturated carbocycles. The van der Waals surface area contributed by atoms with E-state index in [1.807, 2.05) is 0 Å². The Kier molecular flexibility index (Phi) is 5.29. The first kappa shape index (κ1) is 17.6. The molecule has 2 aromatic heterocycles. The zero-order chi connectivity index (χ0) is 18.5. The second kappa shape index (κ2) is 7.80. The lowest BCUT2D eigenvalue weighted by Gasteiger charge is -2.06. The SMILES string of the molecule is COc1ccccc1C(=O)Nc1nnc(/N=C/c2ccc([N+](=O)[O-])s2)s1. The van der Waals surface area contributed by atoms with E-state index in [9.17, 15) is 14.9 Å². The van der Waals surface area contributed by atoms with Crippen LogP contribution in [0.25, 0.3) is 0 Å². The Hall–Kier alpha value is -3.18. The number of aromatic nitrogens is 2. The van der Waals surface area contributed by atoms with Gasteiger partial charge in [-0.3, -0.25) is 20.2 Å². The molecule has 3 rings (SSSR count). The van der Waals surface area contributed by atoms with E-state index in [0.717, 1.165) is 22.7 Å². The number of amides is 1. The molecule has 3 aromatic rings. The molecule has 2 heterocycles. The quantitative estimate of drug-likeness (QED) is 0.391. The largest absolute Gasteiger partial charge is 0.496 e. The third-order valence-electron chi connectivity index (χ3n) is 3.08. The van der Waals surface area contributed by atoms with Gasteiger partial charge in [-0.1, -0.05) is 34.8 Å². The van der Waals surface area contributed by atoms with Crippen LogP contribution in [-0.4, -0.2) is 34.4 Å². The third-order valence-corrected chi connectivity index (χ3v) is 4.80.